The van der Waals surface area contributed by atoms with Gasteiger partial charge in [-0.2, -0.15) is 5.26 Å². The van der Waals surface area contributed by atoms with E-state index in [1.165, 1.54) is 0 Å². The quantitative estimate of drug-likeness (QED) is 0.161. The number of hydrogen-bond acceptors (Lipinski definition) is 4. The van der Waals surface area contributed by atoms with Crippen LogP contribution in [-0.4, -0.2) is 14.5 Å². The monoisotopic (exact) mass is 816 g/mol. The van der Waals surface area contributed by atoms with E-state index in [0.29, 0.717) is 22.8 Å². The van der Waals surface area contributed by atoms with Gasteiger partial charge in [0.25, 0.3) is 0 Å². The highest BCUT2D eigenvalue weighted by molar-refractivity contribution is 6.25. The van der Waals surface area contributed by atoms with Crippen molar-refractivity contribution in [3.8, 4) is 79.0 Å². The summed E-state index contributed by atoms with van der Waals surface area (Å²) in [4.78, 5) is 10.7. The lowest BCUT2D eigenvalue weighted by Crippen LogP contribution is -2.05. The molecule has 64 heavy (non-hydrogen) atoms. The average Bonchev–Trinajstić information content (AvgIpc) is 3.93. The van der Waals surface area contributed by atoms with Gasteiger partial charge in [-0.05, 0) is 41.0 Å². The van der Waals surface area contributed by atoms with Gasteiger partial charge in [0, 0.05) is 49.5 Å². The molecule has 0 aliphatic rings. The summed E-state index contributed by atoms with van der Waals surface area (Å²) >= 11 is 0. The molecule has 0 atom stereocenters. The van der Waals surface area contributed by atoms with Crippen molar-refractivity contribution in [2.24, 2.45) is 0 Å². The normalized spacial score (nSPS) is 11.4. The van der Waals surface area contributed by atoms with Crippen LogP contribution in [0, 0.1) is 11.3 Å². The lowest BCUT2D eigenvalue weighted by atomic mass is 9.90. The van der Waals surface area contributed by atoms with Gasteiger partial charge in [-0.15, -0.1) is 0 Å². The van der Waals surface area contributed by atoms with Crippen LogP contribution < -0.4 is 0 Å². The molecule has 3 heterocycles. The number of nitriles is 1. The zero-order chi connectivity index (χ0) is 42.6. The van der Waals surface area contributed by atoms with Crippen LogP contribution in [0.15, 0.2) is 223 Å². The molecule has 0 saturated carbocycles. The van der Waals surface area contributed by atoms with Crippen LogP contribution >= 0.6 is 0 Å². The third-order valence-corrected chi connectivity index (χ3v) is 12.3. The van der Waals surface area contributed by atoms with Gasteiger partial charge in [0.15, 0.2) is 5.82 Å². The molecule has 5 nitrogen and oxygen atoms in total. The van der Waals surface area contributed by atoms with Crippen LogP contribution in [0.3, 0.4) is 0 Å². The van der Waals surface area contributed by atoms with Crippen LogP contribution in [0.5, 0.6) is 0 Å². The zero-order valence-corrected chi connectivity index (χ0v) is 34.5. The molecule has 0 bridgehead atoms. The van der Waals surface area contributed by atoms with Gasteiger partial charge in [-0.1, -0.05) is 194 Å². The molecule has 12 rings (SSSR count). The molecule has 9 aromatic carbocycles. The zero-order valence-electron chi connectivity index (χ0n) is 34.5. The summed E-state index contributed by atoms with van der Waals surface area (Å²) in [6.45, 7) is 0. The third-order valence-electron chi connectivity index (χ3n) is 12.3. The van der Waals surface area contributed by atoms with Crippen molar-refractivity contribution in [1.82, 2.24) is 14.5 Å². The topological polar surface area (TPSA) is 67.6 Å². The molecular weight excluding hydrogens is 781 g/mol. The molecule has 3 aromatic heterocycles. The molecule has 0 aliphatic carbocycles. The smallest absolute Gasteiger partial charge is 0.161 e. The maximum absolute atomic E-state index is 10.8. The number of aromatic nitrogens is 3. The van der Waals surface area contributed by atoms with Crippen molar-refractivity contribution in [2.45, 2.75) is 0 Å². The number of nitrogens with zero attached hydrogens (tertiary/aromatic N) is 4. The summed E-state index contributed by atoms with van der Waals surface area (Å²) < 4.78 is 9.51. The standard InChI is InChI=1S/C59H36N4O/c60-37-49-54(41-25-12-4-13-26-41)61-59(62-55(49)42-27-14-5-15-28-42)48-34-33-43(38-19-6-1-7-20-38)56(52(48)40-23-10-3-11-24-40)63-50-32-17-16-29-47(50)53-51(63)36-35-46-45-31-18-30-44(57(45)64-58(46)53)39-21-8-2-9-22-39/h1-36H. The van der Waals surface area contributed by atoms with Crippen molar-refractivity contribution in [3.63, 3.8) is 0 Å². The van der Waals surface area contributed by atoms with Crippen LogP contribution in [0.25, 0.3) is 117 Å². The summed E-state index contributed by atoms with van der Waals surface area (Å²) in [6, 6.07) is 77.8. The van der Waals surface area contributed by atoms with E-state index in [1.807, 2.05) is 72.8 Å². The van der Waals surface area contributed by atoms with Gasteiger partial charge in [0.05, 0.1) is 33.5 Å². The minimum atomic E-state index is 0.427. The Morgan fingerprint density at radius 2 is 0.891 bits per heavy atom. The summed E-state index contributed by atoms with van der Waals surface area (Å²) in [5.74, 6) is 0.519. The summed E-state index contributed by atoms with van der Waals surface area (Å²) in [5, 5.41) is 15.1. The molecule has 0 saturated heterocycles. The maximum Gasteiger partial charge on any atom is 0.161 e. The Morgan fingerprint density at radius 3 is 1.50 bits per heavy atom. The molecule has 0 aliphatic heterocycles. The average molecular weight is 817 g/mol. The van der Waals surface area contributed by atoms with Crippen LogP contribution in [-0.2, 0) is 0 Å². The van der Waals surface area contributed by atoms with E-state index in [1.54, 1.807) is 0 Å². The molecular formula is C59H36N4O. The summed E-state index contributed by atoms with van der Waals surface area (Å²) in [7, 11) is 0. The van der Waals surface area contributed by atoms with Crippen molar-refractivity contribution in [2.75, 3.05) is 0 Å². The molecule has 0 radical (unpaired) electrons. The SMILES string of the molecule is N#Cc1c(-c2ccccc2)nc(-c2ccc(-c3ccccc3)c(-n3c4ccccc4c4c5oc6c(-c7ccccc7)cccc6c5ccc43)c2-c2ccccc2)nc1-c1ccccc1. The van der Waals surface area contributed by atoms with E-state index < -0.39 is 0 Å². The van der Waals surface area contributed by atoms with Crippen LogP contribution in [0.2, 0.25) is 0 Å². The fourth-order valence-electron chi connectivity index (χ4n) is 9.45. The Bertz CT molecular complexity index is 3700. The second-order valence-corrected chi connectivity index (χ2v) is 15.9. The van der Waals surface area contributed by atoms with Crippen molar-refractivity contribution < 1.29 is 4.42 Å². The Balaban J connectivity index is 1.23. The first-order valence-electron chi connectivity index (χ1n) is 21.4. The van der Waals surface area contributed by atoms with Crippen molar-refractivity contribution in [1.29, 1.82) is 5.26 Å². The van der Waals surface area contributed by atoms with E-state index in [2.05, 4.69) is 156 Å². The van der Waals surface area contributed by atoms with E-state index >= 15 is 0 Å². The Morgan fingerprint density at radius 1 is 0.391 bits per heavy atom. The predicted molar refractivity (Wildman–Crippen MR) is 261 cm³/mol. The summed E-state index contributed by atoms with van der Waals surface area (Å²) in [5.41, 5.74) is 15.1. The van der Waals surface area contributed by atoms with E-state index in [-0.39, 0.29) is 0 Å². The lowest BCUT2D eigenvalue weighted by molar-refractivity contribution is 0.674. The number of furan rings is 1. The predicted octanol–water partition coefficient (Wildman–Crippen LogP) is 15.3. The number of rotatable bonds is 7. The van der Waals surface area contributed by atoms with Gasteiger partial charge >= 0.3 is 0 Å². The van der Waals surface area contributed by atoms with Gasteiger partial charge in [-0.25, -0.2) is 9.97 Å². The van der Waals surface area contributed by atoms with E-state index in [0.717, 1.165) is 99.5 Å². The maximum atomic E-state index is 10.8. The minimum Gasteiger partial charge on any atom is -0.455 e. The summed E-state index contributed by atoms with van der Waals surface area (Å²) in [6.07, 6.45) is 0. The minimum absolute atomic E-state index is 0.427. The van der Waals surface area contributed by atoms with Gasteiger partial charge in [0.1, 0.15) is 22.8 Å². The molecule has 0 unspecified atom stereocenters. The second-order valence-electron chi connectivity index (χ2n) is 15.9. The Hall–Kier alpha value is -8.85. The highest BCUT2D eigenvalue weighted by atomic mass is 16.3. The highest BCUT2D eigenvalue weighted by Gasteiger charge is 2.27. The first-order valence-corrected chi connectivity index (χ1v) is 21.4. The molecule has 298 valence electrons. The van der Waals surface area contributed by atoms with Crippen LogP contribution in [0.1, 0.15) is 5.56 Å². The lowest BCUT2D eigenvalue weighted by Gasteiger charge is -2.22. The van der Waals surface area contributed by atoms with Crippen molar-refractivity contribution >= 4 is 43.7 Å². The first-order chi connectivity index (χ1) is 31.7. The molecule has 12 aromatic rings. The van der Waals surface area contributed by atoms with Gasteiger partial charge in [-0.3, -0.25) is 0 Å². The molecule has 0 amide bonds. The molecule has 0 fully saturated rings. The number of fused-ring (bicyclic) bond motifs is 7. The molecule has 0 spiro atoms. The second kappa shape index (κ2) is 15.3. The Labute approximate surface area is 369 Å². The number of benzene rings is 9. The van der Waals surface area contributed by atoms with Crippen molar-refractivity contribution in [3.05, 3.63) is 224 Å². The fourth-order valence-corrected chi connectivity index (χ4v) is 9.45. The first kappa shape index (κ1) is 37.0. The number of para-hydroxylation sites is 2. The highest BCUT2D eigenvalue weighted by Crippen LogP contribution is 2.48. The largest absolute Gasteiger partial charge is 0.455 e. The van der Waals surface area contributed by atoms with E-state index in [4.69, 9.17) is 14.4 Å². The van der Waals surface area contributed by atoms with Crippen LogP contribution in [0.4, 0.5) is 0 Å². The Kier molecular flexibility index (Phi) is 8.81. The third kappa shape index (κ3) is 5.93. The fraction of sp³-hybridized carbons (Fsp3) is 0. The number of hydrogen-bond donors (Lipinski definition) is 0. The van der Waals surface area contributed by atoms with Gasteiger partial charge < -0.3 is 8.98 Å². The molecule has 0 N–H and O–H groups in total. The molecule has 5 heteroatoms. The van der Waals surface area contributed by atoms with Gasteiger partial charge in [0.2, 0.25) is 0 Å². The van der Waals surface area contributed by atoms with E-state index in [9.17, 15) is 5.26 Å².